The highest BCUT2D eigenvalue weighted by molar-refractivity contribution is 6.26. The molecule has 0 N–H and O–H groups in total. The molecule has 3 saturated heterocycles. The van der Waals surface area contributed by atoms with E-state index < -0.39 is 79.6 Å². The maximum Gasteiger partial charge on any atom is 0.321 e. The van der Waals surface area contributed by atoms with Gasteiger partial charge in [-0.25, -0.2) is 0 Å². The topological polar surface area (TPSA) is 136 Å². The Morgan fingerprint density at radius 2 is 1.17 bits per heavy atom. The Hall–Kier alpha value is -4.25. The Balaban J connectivity index is 1.21. The van der Waals surface area contributed by atoms with Crippen molar-refractivity contribution in [2.24, 2.45) is 0 Å². The van der Waals surface area contributed by atoms with Crippen LogP contribution in [-0.4, -0.2) is 99.6 Å². The third-order valence-electron chi connectivity index (χ3n) is 11.1. The standard InChI is InChI=1S/C49H57ClO13/c1-33-41(55-29-34-18-8-3-9-19-34)43(56-30-35-20-10-4-11-21-35)45(57-31-36-22-12-5-13-23-36)49(59-33)63-46-44(61-40(52)28-50)42-38(32-58-47(62-42)37-24-14-6-15-25-37)60-48(46)54-27-17-7-16-26-39(51)53-2/h3-6,8-15,18-25,33,38,41-49H,7,16-17,26-32H2,1-2H3/t33-,38+,41+,42-,43+,44-,45-,46+,47-,48+,49-/m0/s1. The summed E-state index contributed by atoms with van der Waals surface area (Å²) in [5, 5.41) is 0. The van der Waals surface area contributed by atoms with E-state index in [1.807, 2.05) is 128 Å². The van der Waals surface area contributed by atoms with Crippen LogP contribution in [0.25, 0.3) is 0 Å². The number of ether oxygens (including phenoxy) is 11. The van der Waals surface area contributed by atoms with E-state index >= 15 is 0 Å². The van der Waals surface area contributed by atoms with E-state index in [0.29, 0.717) is 32.3 Å². The second kappa shape index (κ2) is 24.2. The van der Waals surface area contributed by atoms with Gasteiger partial charge in [-0.2, -0.15) is 0 Å². The summed E-state index contributed by atoms with van der Waals surface area (Å²) >= 11 is 6.10. The first-order valence-electron chi connectivity index (χ1n) is 21.6. The fourth-order valence-electron chi connectivity index (χ4n) is 7.90. The first-order valence-corrected chi connectivity index (χ1v) is 22.1. The number of hydrogen-bond acceptors (Lipinski definition) is 13. The number of carbonyl (C=O) groups excluding carboxylic acids is 2. The molecule has 63 heavy (non-hydrogen) atoms. The minimum absolute atomic E-state index is 0.112. The third-order valence-corrected chi connectivity index (χ3v) is 11.4. The van der Waals surface area contributed by atoms with Crippen LogP contribution in [0.4, 0.5) is 0 Å². The molecule has 11 atom stereocenters. The van der Waals surface area contributed by atoms with Crippen molar-refractivity contribution in [3.8, 4) is 0 Å². The highest BCUT2D eigenvalue weighted by Crippen LogP contribution is 2.39. The molecule has 0 bridgehead atoms. The number of hydrogen-bond donors (Lipinski definition) is 0. The van der Waals surface area contributed by atoms with Gasteiger partial charge in [0.2, 0.25) is 0 Å². The van der Waals surface area contributed by atoms with Crippen molar-refractivity contribution in [3.63, 3.8) is 0 Å². The molecule has 7 rings (SSSR count). The molecule has 0 radical (unpaired) electrons. The summed E-state index contributed by atoms with van der Waals surface area (Å²) in [5.74, 6) is -1.37. The molecule has 4 aromatic rings. The van der Waals surface area contributed by atoms with Gasteiger partial charge in [-0.3, -0.25) is 9.59 Å². The summed E-state index contributed by atoms with van der Waals surface area (Å²) in [6.45, 7) is 3.01. The normalized spacial score (nSPS) is 28.1. The number of halogens is 1. The molecule has 0 aliphatic carbocycles. The molecule has 338 valence electrons. The quantitative estimate of drug-likeness (QED) is 0.0462. The van der Waals surface area contributed by atoms with Crippen LogP contribution in [0.2, 0.25) is 0 Å². The lowest BCUT2D eigenvalue weighted by Gasteiger charge is -2.51. The van der Waals surface area contributed by atoms with E-state index in [0.717, 1.165) is 22.3 Å². The Morgan fingerprint density at radius 3 is 1.76 bits per heavy atom. The summed E-state index contributed by atoms with van der Waals surface area (Å²) in [7, 11) is 1.37. The fourth-order valence-corrected chi connectivity index (χ4v) is 7.97. The first-order chi connectivity index (χ1) is 30.9. The number of esters is 2. The Morgan fingerprint density at radius 1 is 0.603 bits per heavy atom. The van der Waals surface area contributed by atoms with Gasteiger partial charge in [-0.15, -0.1) is 11.6 Å². The molecule has 0 aromatic heterocycles. The molecule has 14 heteroatoms. The summed E-state index contributed by atoms with van der Waals surface area (Å²) in [6.07, 6.45) is -7.38. The van der Waals surface area contributed by atoms with E-state index in [4.69, 9.17) is 63.7 Å². The SMILES string of the molecule is COC(=O)CCCCCO[C@@H]1O[C@@H]2CO[C@H](c3ccccc3)O[C@@H]2[C@H](OC(=O)CCl)[C@H]1O[C@@H]1O[C@@H](C)[C@@H](OCc2ccccc2)[C@@H](OCc2ccccc2)[C@@H]1OCc1ccccc1. The number of methoxy groups -OCH3 is 1. The molecule has 0 saturated carbocycles. The van der Waals surface area contributed by atoms with Crippen molar-refractivity contribution in [1.29, 1.82) is 0 Å². The van der Waals surface area contributed by atoms with Gasteiger partial charge < -0.3 is 52.1 Å². The maximum atomic E-state index is 13.2. The molecule has 0 spiro atoms. The summed E-state index contributed by atoms with van der Waals surface area (Å²) < 4.78 is 70.9. The van der Waals surface area contributed by atoms with Crippen molar-refractivity contribution in [1.82, 2.24) is 0 Å². The predicted octanol–water partition coefficient (Wildman–Crippen LogP) is 7.61. The van der Waals surface area contributed by atoms with Gasteiger partial charge in [0.05, 0.1) is 39.6 Å². The van der Waals surface area contributed by atoms with Crippen LogP contribution < -0.4 is 0 Å². The lowest BCUT2D eigenvalue weighted by Crippen LogP contribution is -2.67. The van der Waals surface area contributed by atoms with Crippen LogP contribution in [0.15, 0.2) is 121 Å². The van der Waals surface area contributed by atoms with Crippen LogP contribution in [0.3, 0.4) is 0 Å². The monoisotopic (exact) mass is 888 g/mol. The predicted molar refractivity (Wildman–Crippen MR) is 230 cm³/mol. The number of benzene rings is 4. The second-order valence-corrected chi connectivity index (χ2v) is 15.9. The smallest absolute Gasteiger partial charge is 0.321 e. The van der Waals surface area contributed by atoms with Gasteiger partial charge in [0.15, 0.2) is 31.1 Å². The van der Waals surface area contributed by atoms with E-state index in [1.54, 1.807) is 0 Å². The van der Waals surface area contributed by atoms with Crippen molar-refractivity contribution >= 4 is 23.5 Å². The van der Waals surface area contributed by atoms with Gasteiger partial charge in [0.1, 0.15) is 36.4 Å². The fraction of sp³-hybridized carbons (Fsp3) is 0.469. The molecule has 13 nitrogen and oxygen atoms in total. The number of carbonyl (C=O) groups is 2. The molecule has 3 heterocycles. The Kier molecular flexibility index (Phi) is 17.9. The van der Waals surface area contributed by atoms with Crippen molar-refractivity contribution in [2.75, 3.05) is 26.2 Å². The first kappa shape index (κ1) is 46.7. The van der Waals surface area contributed by atoms with Gasteiger partial charge >= 0.3 is 11.9 Å². The molecule has 3 fully saturated rings. The molecule has 0 amide bonds. The zero-order chi connectivity index (χ0) is 43.8. The van der Waals surface area contributed by atoms with Gasteiger partial charge in [0, 0.05) is 18.6 Å². The zero-order valence-corrected chi connectivity index (χ0v) is 36.4. The van der Waals surface area contributed by atoms with Gasteiger partial charge in [-0.05, 0) is 36.5 Å². The molecule has 3 aliphatic rings. The van der Waals surface area contributed by atoms with Gasteiger partial charge in [0.25, 0.3) is 0 Å². The van der Waals surface area contributed by atoms with Crippen molar-refractivity contribution < 1.29 is 61.7 Å². The molecule has 4 aromatic carbocycles. The van der Waals surface area contributed by atoms with Gasteiger partial charge in [-0.1, -0.05) is 128 Å². The van der Waals surface area contributed by atoms with Crippen LogP contribution in [-0.2, 0) is 81.5 Å². The van der Waals surface area contributed by atoms with E-state index in [-0.39, 0.29) is 32.4 Å². The minimum atomic E-state index is -1.13. The highest BCUT2D eigenvalue weighted by atomic mass is 35.5. The average molecular weight is 889 g/mol. The molecular formula is C49H57ClO13. The van der Waals surface area contributed by atoms with Crippen LogP contribution in [0.1, 0.15) is 61.2 Å². The Labute approximate surface area is 374 Å². The lowest BCUT2D eigenvalue weighted by atomic mass is 9.95. The largest absolute Gasteiger partial charge is 0.469 e. The van der Waals surface area contributed by atoms with Crippen molar-refractivity contribution in [3.05, 3.63) is 144 Å². The zero-order valence-electron chi connectivity index (χ0n) is 35.7. The number of alkyl halides is 1. The molecule has 3 aliphatic heterocycles. The van der Waals surface area contributed by atoms with E-state index in [9.17, 15) is 9.59 Å². The average Bonchev–Trinajstić information content (AvgIpc) is 3.33. The number of rotatable bonds is 21. The third kappa shape index (κ3) is 13.2. The maximum absolute atomic E-state index is 13.2. The molecular weight excluding hydrogens is 832 g/mol. The van der Waals surface area contributed by atoms with Crippen LogP contribution in [0, 0.1) is 0 Å². The highest BCUT2D eigenvalue weighted by Gasteiger charge is 2.56. The Bertz CT molecular complexity index is 1940. The second-order valence-electron chi connectivity index (χ2n) is 15.7. The lowest BCUT2D eigenvalue weighted by molar-refractivity contribution is -0.396. The van der Waals surface area contributed by atoms with E-state index in [2.05, 4.69) is 0 Å². The number of unbranched alkanes of at least 4 members (excludes halogenated alkanes) is 2. The van der Waals surface area contributed by atoms with Crippen LogP contribution in [0.5, 0.6) is 0 Å². The number of fused-ring (bicyclic) bond motifs is 1. The summed E-state index contributed by atoms with van der Waals surface area (Å²) in [6, 6.07) is 39.0. The van der Waals surface area contributed by atoms with Crippen molar-refractivity contribution in [2.45, 2.75) is 120 Å². The minimum Gasteiger partial charge on any atom is -0.469 e. The van der Waals surface area contributed by atoms with E-state index in [1.165, 1.54) is 7.11 Å². The van der Waals surface area contributed by atoms with Crippen LogP contribution >= 0.6 is 11.6 Å². The summed E-state index contributed by atoms with van der Waals surface area (Å²) in [4.78, 5) is 25.0. The molecule has 0 unspecified atom stereocenters. The summed E-state index contributed by atoms with van der Waals surface area (Å²) in [5.41, 5.74) is 3.65.